The lowest BCUT2D eigenvalue weighted by Crippen LogP contribution is -2.10. The summed E-state index contributed by atoms with van der Waals surface area (Å²) in [4.78, 5) is 13.0. The van der Waals surface area contributed by atoms with E-state index >= 15 is 0 Å². The van der Waals surface area contributed by atoms with Gasteiger partial charge >= 0.3 is 5.97 Å². The molecule has 1 N–H and O–H groups in total. The zero-order chi connectivity index (χ0) is 14.0. The van der Waals surface area contributed by atoms with Crippen molar-refractivity contribution in [3.8, 4) is 0 Å². The molecule has 2 rings (SSSR count). The fraction of sp³-hybridized carbons (Fsp3) is 0.133. The number of benzene rings is 2. The lowest BCUT2D eigenvalue weighted by Gasteiger charge is -2.20. The number of aromatic carboxylic acids is 1. The molecule has 0 unspecified atom stereocenters. The summed E-state index contributed by atoms with van der Waals surface area (Å²) in [5.41, 5.74) is 3.29. The van der Waals surface area contributed by atoms with Crippen LogP contribution in [0.15, 0.2) is 46.9 Å². The van der Waals surface area contributed by atoms with Gasteiger partial charge in [0.25, 0.3) is 0 Å². The minimum Gasteiger partial charge on any atom is -0.478 e. The van der Waals surface area contributed by atoms with Crippen LogP contribution in [0, 0.1) is 6.92 Å². The van der Waals surface area contributed by atoms with E-state index < -0.39 is 5.97 Å². The maximum atomic E-state index is 11.0. The van der Waals surface area contributed by atoms with Gasteiger partial charge in [0.1, 0.15) is 0 Å². The van der Waals surface area contributed by atoms with Crippen LogP contribution in [-0.2, 0) is 0 Å². The molecular weight excluding hydrogens is 306 g/mol. The first-order valence-electron chi connectivity index (χ1n) is 5.82. The molecule has 2 aromatic carbocycles. The Bertz CT molecular complexity index is 625. The van der Waals surface area contributed by atoms with E-state index in [1.54, 1.807) is 18.2 Å². The second-order valence-corrected chi connectivity index (χ2v) is 5.20. The van der Waals surface area contributed by atoms with Gasteiger partial charge in [0, 0.05) is 22.9 Å². The van der Waals surface area contributed by atoms with E-state index in [-0.39, 0.29) is 5.56 Å². The van der Waals surface area contributed by atoms with Crippen molar-refractivity contribution in [3.63, 3.8) is 0 Å². The van der Waals surface area contributed by atoms with Crippen molar-refractivity contribution in [1.29, 1.82) is 0 Å². The topological polar surface area (TPSA) is 40.5 Å². The number of nitrogens with zero attached hydrogens (tertiary/aromatic N) is 1. The Morgan fingerprint density at radius 1 is 1.16 bits per heavy atom. The van der Waals surface area contributed by atoms with Crippen LogP contribution in [0.3, 0.4) is 0 Å². The summed E-state index contributed by atoms with van der Waals surface area (Å²) in [6.45, 7) is 2.02. The SMILES string of the molecule is Cc1cc(N(C)c2cccc(C(=O)O)c2)ccc1Br. The fourth-order valence-electron chi connectivity index (χ4n) is 1.83. The number of hydrogen-bond donors (Lipinski definition) is 1. The minimum atomic E-state index is -0.915. The summed E-state index contributed by atoms with van der Waals surface area (Å²) in [6.07, 6.45) is 0. The third-order valence-corrected chi connectivity index (χ3v) is 3.90. The zero-order valence-electron chi connectivity index (χ0n) is 10.7. The average Bonchev–Trinajstić information content (AvgIpc) is 2.41. The van der Waals surface area contributed by atoms with Crippen LogP contribution >= 0.6 is 15.9 Å². The Morgan fingerprint density at radius 3 is 2.47 bits per heavy atom. The van der Waals surface area contributed by atoms with Gasteiger partial charge in [0.2, 0.25) is 0 Å². The Labute approximate surface area is 120 Å². The van der Waals surface area contributed by atoms with Crippen LogP contribution in [0.5, 0.6) is 0 Å². The van der Waals surface area contributed by atoms with Crippen LogP contribution in [0.4, 0.5) is 11.4 Å². The Kier molecular flexibility index (Phi) is 3.90. The van der Waals surface area contributed by atoms with E-state index in [9.17, 15) is 4.79 Å². The molecule has 0 fully saturated rings. The Balaban J connectivity index is 2.37. The monoisotopic (exact) mass is 319 g/mol. The number of carboxylic acid groups (broad SMARTS) is 1. The first-order valence-corrected chi connectivity index (χ1v) is 6.61. The van der Waals surface area contributed by atoms with Crippen LogP contribution in [0.25, 0.3) is 0 Å². The van der Waals surface area contributed by atoms with Crippen molar-refractivity contribution < 1.29 is 9.90 Å². The lowest BCUT2D eigenvalue weighted by molar-refractivity contribution is 0.0697. The zero-order valence-corrected chi connectivity index (χ0v) is 12.3. The molecule has 0 aliphatic rings. The van der Waals surface area contributed by atoms with E-state index in [0.717, 1.165) is 21.4 Å². The molecule has 98 valence electrons. The largest absolute Gasteiger partial charge is 0.478 e. The van der Waals surface area contributed by atoms with Crippen molar-refractivity contribution in [2.24, 2.45) is 0 Å². The number of carboxylic acids is 1. The molecule has 0 atom stereocenters. The van der Waals surface area contributed by atoms with Gasteiger partial charge in [-0.3, -0.25) is 0 Å². The third kappa shape index (κ3) is 2.96. The van der Waals surface area contributed by atoms with E-state index in [1.165, 1.54) is 0 Å². The van der Waals surface area contributed by atoms with Crippen molar-refractivity contribution in [1.82, 2.24) is 0 Å². The summed E-state index contributed by atoms with van der Waals surface area (Å²) >= 11 is 3.47. The van der Waals surface area contributed by atoms with Gasteiger partial charge in [-0.15, -0.1) is 0 Å². The van der Waals surface area contributed by atoms with Crippen molar-refractivity contribution >= 4 is 33.3 Å². The van der Waals surface area contributed by atoms with Gasteiger partial charge in [-0.2, -0.15) is 0 Å². The first kappa shape index (κ1) is 13.6. The smallest absolute Gasteiger partial charge is 0.335 e. The summed E-state index contributed by atoms with van der Waals surface area (Å²) in [5, 5.41) is 9.02. The fourth-order valence-corrected chi connectivity index (χ4v) is 2.08. The van der Waals surface area contributed by atoms with Crippen LogP contribution in [0.2, 0.25) is 0 Å². The Morgan fingerprint density at radius 2 is 1.84 bits per heavy atom. The van der Waals surface area contributed by atoms with Gasteiger partial charge < -0.3 is 10.0 Å². The predicted octanol–water partition coefficient (Wildman–Crippen LogP) is 4.22. The molecule has 3 nitrogen and oxygen atoms in total. The van der Waals surface area contributed by atoms with Crippen molar-refractivity contribution in [2.75, 3.05) is 11.9 Å². The molecule has 0 aliphatic carbocycles. The number of anilines is 2. The molecule has 0 aliphatic heterocycles. The lowest BCUT2D eigenvalue weighted by atomic mass is 10.1. The summed E-state index contributed by atoms with van der Waals surface area (Å²) in [6, 6.07) is 12.9. The van der Waals surface area contributed by atoms with E-state index in [0.29, 0.717) is 0 Å². The van der Waals surface area contributed by atoms with E-state index in [2.05, 4.69) is 22.0 Å². The average molecular weight is 320 g/mol. The predicted molar refractivity (Wildman–Crippen MR) is 80.3 cm³/mol. The van der Waals surface area contributed by atoms with E-state index in [4.69, 9.17) is 5.11 Å². The van der Waals surface area contributed by atoms with Crippen LogP contribution in [-0.4, -0.2) is 18.1 Å². The van der Waals surface area contributed by atoms with Crippen LogP contribution in [0.1, 0.15) is 15.9 Å². The minimum absolute atomic E-state index is 0.290. The molecule has 0 spiro atoms. The second-order valence-electron chi connectivity index (χ2n) is 4.35. The van der Waals surface area contributed by atoms with Gasteiger partial charge in [0.05, 0.1) is 5.56 Å². The molecule has 2 aromatic rings. The van der Waals surface area contributed by atoms with Gasteiger partial charge in [-0.05, 0) is 48.9 Å². The van der Waals surface area contributed by atoms with Crippen molar-refractivity contribution in [2.45, 2.75) is 6.92 Å². The highest BCUT2D eigenvalue weighted by Gasteiger charge is 2.08. The molecule has 0 amide bonds. The number of aryl methyl sites for hydroxylation is 1. The number of rotatable bonds is 3. The number of hydrogen-bond acceptors (Lipinski definition) is 2. The van der Waals surface area contributed by atoms with Crippen molar-refractivity contribution in [3.05, 3.63) is 58.1 Å². The summed E-state index contributed by atoms with van der Waals surface area (Å²) < 4.78 is 1.06. The number of carbonyl (C=O) groups is 1. The first-order chi connectivity index (χ1) is 8.99. The molecule has 0 saturated carbocycles. The van der Waals surface area contributed by atoms with Gasteiger partial charge in [-0.1, -0.05) is 22.0 Å². The molecular formula is C15H14BrNO2. The summed E-state index contributed by atoms with van der Waals surface area (Å²) in [5.74, 6) is -0.915. The quantitative estimate of drug-likeness (QED) is 0.920. The molecule has 0 radical (unpaired) electrons. The summed E-state index contributed by atoms with van der Waals surface area (Å²) in [7, 11) is 1.92. The molecule has 0 saturated heterocycles. The number of halogens is 1. The maximum absolute atomic E-state index is 11.0. The van der Waals surface area contributed by atoms with Crippen LogP contribution < -0.4 is 4.90 Å². The van der Waals surface area contributed by atoms with Gasteiger partial charge in [-0.25, -0.2) is 4.79 Å². The molecule has 19 heavy (non-hydrogen) atoms. The molecule has 0 heterocycles. The van der Waals surface area contributed by atoms with Gasteiger partial charge in [0.15, 0.2) is 0 Å². The third-order valence-electron chi connectivity index (χ3n) is 3.01. The standard InChI is InChI=1S/C15H14BrNO2/c1-10-8-13(6-7-14(10)16)17(2)12-5-3-4-11(9-12)15(18)19/h3-9H,1-2H3,(H,18,19). The normalized spacial score (nSPS) is 10.3. The second kappa shape index (κ2) is 5.45. The molecule has 4 heteroatoms. The highest BCUT2D eigenvalue weighted by atomic mass is 79.9. The highest BCUT2D eigenvalue weighted by molar-refractivity contribution is 9.10. The molecule has 0 bridgehead atoms. The molecule has 0 aromatic heterocycles. The highest BCUT2D eigenvalue weighted by Crippen LogP contribution is 2.27. The maximum Gasteiger partial charge on any atom is 0.335 e. The van der Waals surface area contributed by atoms with E-state index in [1.807, 2.05) is 37.1 Å². The Hall–Kier alpha value is -1.81.